The SMILES string of the molecule is Cc1cc(Cl)c(OCCC[NH+]2C[C@H](C)C[C@@H](C)C2)c(Br)c1. The fourth-order valence-electron chi connectivity index (χ4n) is 3.45. The van der Waals surface area contributed by atoms with Gasteiger partial charge in [-0.05, 0) is 47.0 Å². The highest BCUT2D eigenvalue weighted by Gasteiger charge is 2.24. The zero-order chi connectivity index (χ0) is 15.4. The Bertz CT molecular complexity index is 447. The average Bonchev–Trinajstić information content (AvgIpc) is 2.35. The number of hydrogen-bond acceptors (Lipinski definition) is 1. The smallest absolute Gasteiger partial charge is 0.152 e. The number of rotatable bonds is 5. The summed E-state index contributed by atoms with van der Waals surface area (Å²) in [6.45, 7) is 11.3. The van der Waals surface area contributed by atoms with Gasteiger partial charge in [0, 0.05) is 18.3 Å². The van der Waals surface area contributed by atoms with Crippen molar-refractivity contribution in [3.8, 4) is 5.75 Å². The van der Waals surface area contributed by atoms with Crippen LogP contribution in [0.3, 0.4) is 0 Å². The van der Waals surface area contributed by atoms with Crippen molar-refractivity contribution < 1.29 is 9.64 Å². The largest absolute Gasteiger partial charge is 0.491 e. The maximum Gasteiger partial charge on any atom is 0.152 e. The predicted molar refractivity (Wildman–Crippen MR) is 92.5 cm³/mol. The summed E-state index contributed by atoms with van der Waals surface area (Å²) in [5.41, 5.74) is 1.14. The van der Waals surface area contributed by atoms with Gasteiger partial charge in [-0.25, -0.2) is 0 Å². The van der Waals surface area contributed by atoms with E-state index >= 15 is 0 Å². The maximum atomic E-state index is 6.24. The molecule has 1 aliphatic heterocycles. The van der Waals surface area contributed by atoms with Crippen molar-refractivity contribution in [3.05, 3.63) is 27.2 Å². The van der Waals surface area contributed by atoms with Gasteiger partial charge in [0.2, 0.25) is 0 Å². The van der Waals surface area contributed by atoms with Crippen LogP contribution in [-0.4, -0.2) is 26.2 Å². The molecule has 1 aromatic rings. The van der Waals surface area contributed by atoms with E-state index in [9.17, 15) is 0 Å². The fourth-order valence-corrected chi connectivity index (χ4v) is 4.58. The summed E-state index contributed by atoms with van der Waals surface area (Å²) >= 11 is 9.77. The number of benzene rings is 1. The van der Waals surface area contributed by atoms with Crippen LogP contribution in [0.25, 0.3) is 0 Å². The number of likely N-dealkylation sites (tertiary alicyclic amines) is 1. The lowest BCUT2D eigenvalue weighted by Gasteiger charge is -2.32. The van der Waals surface area contributed by atoms with Crippen LogP contribution in [0.1, 0.15) is 32.3 Å². The minimum atomic E-state index is 0.689. The van der Waals surface area contributed by atoms with E-state index in [-0.39, 0.29) is 0 Å². The van der Waals surface area contributed by atoms with Gasteiger partial charge in [0.15, 0.2) is 5.75 Å². The molecule has 1 aliphatic rings. The van der Waals surface area contributed by atoms with E-state index in [4.69, 9.17) is 16.3 Å². The molecule has 0 saturated carbocycles. The molecule has 21 heavy (non-hydrogen) atoms. The molecule has 118 valence electrons. The number of hydrogen-bond donors (Lipinski definition) is 1. The van der Waals surface area contributed by atoms with Crippen molar-refractivity contribution in [1.82, 2.24) is 0 Å². The lowest BCUT2D eigenvalue weighted by Crippen LogP contribution is -3.14. The van der Waals surface area contributed by atoms with Gasteiger partial charge in [0.25, 0.3) is 0 Å². The lowest BCUT2D eigenvalue weighted by atomic mass is 9.92. The molecule has 2 nitrogen and oxygen atoms in total. The van der Waals surface area contributed by atoms with Crippen molar-refractivity contribution >= 4 is 27.5 Å². The lowest BCUT2D eigenvalue weighted by molar-refractivity contribution is -0.912. The van der Waals surface area contributed by atoms with Gasteiger partial charge in [-0.1, -0.05) is 25.4 Å². The molecule has 2 rings (SSSR count). The number of ether oxygens (including phenoxy) is 1. The quantitative estimate of drug-likeness (QED) is 0.774. The molecule has 0 unspecified atom stereocenters. The van der Waals surface area contributed by atoms with Crippen LogP contribution in [-0.2, 0) is 0 Å². The number of piperidine rings is 1. The first-order valence-electron chi connectivity index (χ1n) is 7.87. The molecule has 0 spiro atoms. The second-order valence-electron chi connectivity index (χ2n) is 6.61. The first-order chi connectivity index (χ1) is 9.95. The van der Waals surface area contributed by atoms with Crippen LogP contribution in [0.5, 0.6) is 5.75 Å². The molecule has 0 amide bonds. The van der Waals surface area contributed by atoms with Gasteiger partial charge in [0.1, 0.15) is 0 Å². The molecule has 0 radical (unpaired) electrons. The van der Waals surface area contributed by atoms with Crippen molar-refractivity contribution in [2.75, 3.05) is 26.2 Å². The third-order valence-corrected chi connectivity index (χ3v) is 5.01. The van der Waals surface area contributed by atoms with Crippen LogP contribution >= 0.6 is 27.5 Å². The highest BCUT2D eigenvalue weighted by molar-refractivity contribution is 9.10. The molecule has 1 fully saturated rings. The summed E-state index contributed by atoms with van der Waals surface area (Å²) in [5, 5.41) is 0.689. The predicted octanol–water partition coefficient (Wildman–Crippen LogP) is 3.74. The molecule has 0 aromatic heterocycles. The summed E-state index contributed by atoms with van der Waals surface area (Å²) in [4.78, 5) is 1.72. The van der Waals surface area contributed by atoms with Crippen molar-refractivity contribution in [1.29, 1.82) is 0 Å². The summed E-state index contributed by atoms with van der Waals surface area (Å²) in [7, 11) is 0. The van der Waals surface area contributed by atoms with E-state index in [1.54, 1.807) is 4.90 Å². The van der Waals surface area contributed by atoms with E-state index in [0.717, 1.165) is 40.6 Å². The van der Waals surface area contributed by atoms with Crippen molar-refractivity contribution in [2.24, 2.45) is 11.8 Å². The monoisotopic (exact) mass is 374 g/mol. The number of quaternary nitrogens is 1. The molecule has 0 aliphatic carbocycles. The third kappa shape index (κ3) is 5.15. The van der Waals surface area contributed by atoms with E-state index in [0.29, 0.717) is 5.02 Å². The summed E-state index contributed by atoms with van der Waals surface area (Å²) in [5.74, 6) is 2.48. The number of aryl methyl sites for hydroxylation is 1. The van der Waals surface area contributed by atoms with E-state index in [1.807, 2.05) is 19.1 Å². The summed E-state index contributed by atoms with van der Waals surface area (Å²) < 4.78 is 6.82. The number of halogens is 2. The van der Waals surface area contributed by atoms with Crippen LogP contribution in [0, 0.1) is 18.8 Å². The van der Waals surface area contributed by atoms with Gasteiger partial charge < -0.3 is 9.64 Å². The van der Waals surface area contributed by atoms with E-state index in [2.05, 4.69) is 29.8 Å². The normalized spacial score (nSPS) is 25.9. The minimum absolute atomic E-state index is 0.689. The van der Waals surface area contributed by atoms with Crippen LogP contribution < -0.4 is 9.64 Å². The third-order valence-electron chi connectivity index (χ3n) is 4.14. The Labute approximate surface area is 141 Å². The molecular formula is C17H26BrClNO+. The van der Waals surface area contributed by atoms with Crippen molar-refractivity contribution in [2.45, 2.75) is 33.6 Å². The highest BCUT2D eigenvalue weighted by Crippen LogP contribution is 2.34. The highest BCUT2D eigenvalue weighted by atomic mass is 79.9. The Kier molecular flexibility index (Phi) is 6.39. The van der Waals surface area contributed by atoms with Crippen LogP contribution in [0.15, 0.2) is 16.6 Å². The second-order valence-corrected chi connectivity index (χ2v) is 7.88. The van der Waals surface area contributed by atoms with Crippen LogP contribution in [0.2, 0.25) is 5.02 Å². The summed E-state index contributed by atoms with van der Waals surface area (Å²) in [6, 6.07) is 3.99. The average molecular weight is 376 g/mol. The van der Waals surface area contributed by atoms with Crippen LogP contribution in [0.4, 0.5) is 0 Å². The topological polar surface area (TPSA) is 13.7 Å². The second kappa shape index (κ2) is 7.85. The standard InChI is InChI=1S/C17H25BrClNO/c1-12-8-15(18)17(16(19)9-12)21-6-4-5-20-10-13(2)7-14(3)11-20/h8-9,13-14H,4-7,10-11H2,1-3H3/p+1/t13-,14-/m1/s1. The molecule has 1 heterocycles. The van der Waals surface area contributed by atoms with Gasteiger partial charge in [0.05, 0.1) is 35.7 Å². The zero-order valence-corrected chi connectivity index (χ0v) is 15.6. The molecule has 2 atom stereocenters. The molecular weight excluding hydrogens is 350 g/mol. The van der Waals surface area contributed by atoms with E-state index < -0.39 is 0 Å². The van der Waals surface area contributed by atoms with Gasteiger partial charge in [-0.3, -0.25) is 0 Å². The Morgan fingerprint density at radius 3 is 2.57 bits per heavy atom. The Hall–Kier alpha value is -0.250. The Morgan fingerprint density at radius 2 is 1.95 bits per heavy atom. The van der Waals surface area contributed by atoms with Crippen molar-refractivity contribution in [3.63, 3.8) is 0 Å². The summed E-state index contributed by atoms with van der Waals surface area (Å²) in [6.07, 6.45) is 2.46. The minimum Gasteiger partial charge on any atom is -0.491 e. The van der Waals surface area contributed by atoms with Gasteiger partial charge in [-0.15, -0.1) is 0 Å². The molecule has 0 bridgehead atoms. The van der Waals surface area contributed by atoms with E-state index in [1.165, 1.54) is 26.1 Å². The molecule has 4 heteroatoms. The van der Waals surface area contributed by atoms with Gasteiger partial charge >= 0.3 is 0 Å². The first kappa shape index (κ1) is 17.1. The maximum absolute atomic E-state index is 6.24. The zero-order valence-electron chi connectivity index (χ0n) is 13.2. The Balaban J connectivity index is 1.77. The first-order valence-corrected chi connectivity index (χ1v) is 9.04. The fraction of sp³-hybridized carbons (Fsp3) is 0.647. The molecule has 1 N–H and O–H groups in total. The van der Waals surface area contributed by atoms with Gasteiger partial charge in [-0.2, -0.15) is 0 Å². The molecule has 1 saturated heterocycles. The Morgan fingerprint density at radius 1 is 1.29 bits per heavy atom. The number of nitrogens with one attached hydrogen (secondary N) is 1. The molecule has 1 aromatic carbocycles.